The zero-order chi connectivity index (χ0) is 19.1. The van der Waals surface area contributed by atoms with E-state index >= 15 is 0 Å². The summed E-state index contributed by atoms with van der Waals surface area (Å²) >= 11 is 1.62. The Hall–Kier alpha value is -1.64. The molecule has 0 rings (SSSR count). The molecule has 0 aromatic rings. The lowest BCUT2D eigenvalue weighted by Gasteiger charge is -2.17. The Labute approximate surface area is 153 Å². The fourth-order valence-corrected chi connectivity index (χ4v) is 2.43. The number of hydrogen-bond donors (Lipinski definition) is 4. The monoisotopic (exact) mass is 371 g/mol. The molecule has 142 valence electrons. The maximum atomic E-state index is 11.8. The zero-order valence-electron chi connectivity index (χ0n) is 15.1. The van der Waals surface area contributed by atoms with Gasteiger partial charge in [-0.3, -0.25) is 14.6 Å². The lowest BCUT2D eigenvalue weighted by Crippen LogP contribution is -2.49. The van der Waals surface area contributed by atoms with Gasteiger partial charge in [-0.2, -0.15) is 0 Å². The third kappa shape index (κ3) is 10.8. The van der Waals surface area contributed by atoms with Crippen molar-refractivity contribution in [1.29, 1.82) is 0 Å². The van der Waals surface area contributed by atoms with Crippen molar-refractivity contribution in [2.75, 3.05) is 18.8 Å². The van der Waals surface area contributed by atoms with Crippen LogP contribution in [0.2, 0.25) is 0 Å². The highest BCUT2D eigenvalue weighted by atomic mass is 32.2. The van der Waals surface area contributed by atoms with Crippen molar-refractivity contribution in [3.63, 3.8) is 0 Å². The Kier molecular flexibility index (Phi) is 13.7. The lowest BCUT2D eigenvalue weighted by atomic mass is 10.1. The Bertz CT molecular complexity index is 492. The first-order valence-corrected chi connectivity index (χ1v) is 9.30. The van der Waals surface area contributed by atoms with Crippen molar-refractivity contribution < 1.29 is 19.8 Å². The van der Waals surface area contributed by atoms with E-state index in [4.69, 9.17) is 0 Å². The Morgan fingerprint density at radius 1 is 1.08 bits per heavy atom. The molecule has 2 unspecified atom stereocenters. The van der Waals surface area contributed by atoms with Gasteiger partial charge in [-0.25, -0.2) is 0 Å². The quantitative estimate of drug-likeness (QED) is 0.302. The van der Waals surface area contributed by atoms with Gasteiger partial charge in [-0.05, 0) is 38.4 Å². The normalized spacial score (nSPS) is 14.7. The van der Waals surface area contributed by atoms with Gasteiger partial charge in [0.1, 0.15) is 0 Å². The molecular weight excluding hydrogens is 342 g/mol. The van der Waals surface area contributed by atoms with Crippen LogP contribution in [0.4, 0.5) is 0 Å². The fourth-order valence-electron chi connectivity index (χ4n) is 1.79. The van der Waals surface area contributed by atoms with Gasteiger partial charge in [0, 0.05) is 31.4 Å². The molecule has 2 atom stereocenters. The van der Waals surface area contributed by atoms with Crippen LogP contribution < -0.4 is 10.6 Å². The largest absolute Gasteiger partial charge is 0.380 e. The van der Waals surface area contributed by atoms with Crippen LogP contribution in [-0.2, 0) is 9.59 Å². The Balaban J connectivity index is 4.13. The third-order valence-electron chi connectivity index (χ3n) is 3.12. The van der Waals surface area contributed by atoms with Crippen LogP contribution in [0.25, 0.3) is 0 Å². The number of thioether (sulfide) groups is 1. The van der Waals surface area contributed by atoms with Crippen LogP contribution in [0.1, 0.15) is 33.6 Å². The lowest BCUT2D eigenvalue weighted by molar-refractivity contribution is -0.146. The highest BCUT2D eigenvalue weighted by Gasteiger charge is 2.29. The summed E-state index contributed by atoms with van der Waals surface area (Å²) in [5.41, 5.74) is 0.798. The van der Waals surface area contributed by atoms with Crippen LogP contribution in [0.5, 0.6) is 0 Å². The summed E-state index contributed by atoms with van der Waals surface area (Å²) in [5.74, 6) is -0.720. The van der Waals surface area contributed by atoms with Gasteiger partial charge in [0.2, 0.25) is 0 Å². The molecular formula is C17H29N3O4S. The van der Waals surface area contributed by atoms with Crippen molar-refractivity contribution in [3.8, 4) is 0 Å². The molecule has 0 fully saturated rings. The predicted molar refractivity (Wildman–Crippen MR) is 102 cm³/mol. The van der Waals surface area contributed by atoms with Crippen molar-refractivity contribution in [2.45, 2.75) is 45.8 Å². The average molecular weight is 372 g/mol. The van der Waals surface area contributed by atoms with E-state index in [1.54, 1.807) is 24.9 Å². The fraction of sp³-hybridized carbons (Fsp3) is 0.588. The van der Waals surface area contributed by atoms with Crippen molar-refractivity contribution in [2.24, 2.45) is 4.99 Å². The van der Waals surface area contributed by atoms with Gasteiger partial charge in [0.15, 0.2) is 12.2 Å². The third-order valence-corrected chi connectivity index (χ3v) is 4.10. The van der Waals surface area contributed by atoms with Gasteiger partial charge < -0.3 is 20.8 Å². The number of carbonyl (C=O) groups is 2. The van der Waals surface area contributed by atoms with E-state index in [-0.39, 0.29) is 6.54 Å². The maximum Gasteiger partial charge on any atom is 0.252 e. The second-order valence-corrected chi connectivity index (χ2v) is 6.10. The van der Waals surface area contributed by atoms with Gasteiger partial charge in [-0.1, -0.05) is 12.2 Å². The Morgan fingerprint density at radius 2 is 1.68 bits per heavy atom. The summed E-state index contributed by atoms with van der Waals surface area (Å²) in [6.45, 7) is 6.18. The van der Waals surface area contributed by atoms with Crippen LogP contribution in [-0.4, -0.2) is 59.3 Å². The van der Waals surface area contributed by atoms with Gasteiger partial charge in [-0.15, -0.1) is 11.8 Å². The first-order valence-electron chi connectivity index (χ1n) is 8.26. The number of allylic oxidation sites excluding steroid dienone is 2. The van der Waals surface area contributed by atoms with Crippen LogP contribution in [0.15, 0.2) is 28.2 Å². The average Bonchev–Trinajstić information content (AvgIpc) is 2.62. The summed E-state index contributed by atoms with van der Waals surface area (Å²) in [6, 6.07) is 0. The minimum absolute atomic E-state index is 0.253. The Morgan fingerprint density at radius 3 is 2.20 bits per heavy atom. The van der Waals surface area contributed by atoms with E-state index in [0.717, 1.165) is 17.9 Å². The van der Waals surface area contributed by atoms with Crippen LogP contribution >= 0.6 is 11.8 Å². The predicted octanol–water partition coefficient (Wildman–Crippen LogP) is 0.982. The molecule has 0 aromatic carbocycles. The van der Waals surface area contributed by atoms with E-state index < -0.39 is 24.0 Å². The van der Waals surface area contributed by atoms with Crippen LogP contribution in [0.3, 0.4) is 0 Å². The van der Waals surface area contributed by atoms with Crippen molar-refractivity contribution >= 4 is 29.8 Å². The molecule has 0 aliphatic rings. The summed E-state index contributed by atoms with van der Waals surface area (Å²) in [6.07, 6.45) is 3.01. The number of hydrogen-bond acceptors (Lipinski definition) is 6. The topological polar surface area (TPSA) is 111 Å². The molecule has 0 heterocycles. The molecule has 7 nitrogen and oxygen atoms in total. The molecule has 25 heavy (non-hydrogen) atoms. The summed E-state index contributed by atoms with van der Waals surface area (Å²) in [7, 11) is 0. The summed E-state index contributed by atoms with van der Waals surface area (Å²) < 4.78 is 0. The second kappa shape index (κ2) is 14.7. The molecule has 0 aromatic heterocycles. The van der Waals surface area contributed by atoms with Crippen LogP contribution in [0, 0.1) is 0 Å². The second-order valence-electron chi connectivity index (χ2n) is 5.08. The van der Waals surface area contributed by atoms with Gasteiger partial charge in [0.25, 0.3) is 11.8 Å². The standard InChI is InChI=1S/C17H29N3O4S/c1-4-11-25-12-7-9-19-16(23)14(21)15(22)17(24)20-10-8-13(5-2)18-6-3/h4-6,11,14-15,21-22H,7-10,12H2,1-3H3,(H,19,23)(H,20,24)/b11-4-,13-5-,18-6?. The minimum Gasteiger partial charge on any atom is -0.380 e. The molecule has 8 heteroatoms. The smallest absolute Gasteiger partial charge is 0.252 e. The molecule has 0 bridgehead atoms. The highest BCUT2D eigenvalue weighted by Crippen LogP contribution is 2.03. The minimum atomic E-state index is -1.80. The zero-order valence-corrected chi connectivity index (χ0v) is 15.9. The highest BCUT2D eigenvalue weighted by molar-refractivity contribution is 8.02. The van der Waals surface area contributed by atoms with E-state index in [1.165, 1.54) is 0 Å². The SMILES string of the molecule is CC=N/C(=C\C)CCNC(=O)C(O)C(O)C(=O)NCCCS/C=C\C. The van der Waals surface area contributed by atoms with E-state index in [9.17, 15) is 19.8 Å². The van der Waals surface area contributed by atoms with E-state index in [0.29, 0.717) is 13.0 Å². The molecule has 0 radical (unpaired) electrons. The first kappa shape index (κ1) is 23.4. The molecule has 4 N–H and O–H groups in total. The summed E-state index contributed by atoms with van der Waals surface area (Å²) in [4.78, 5) is 27.6. The number of carbonyl (C=O) groups excluding carboxylic acids is 2. The molecule has 0 saturated carbocycles. The molecule has 0 aliphatic heterocycles. The van der Waals surface area contributed by atoms with Crippen molar-refractivity contribution in [3.05, 3.63) is 23.3 Å². The molecule has 2 amide bonds. The first-order chi connectivity index (χ1) is 12.0. The van der Waals surface area contributed by atoms with Crippen molar-refractivity contribution in [1.82, 2.24) is 10.6 Å². The number of nitrogens with one attached hydrogen (secondary N) is 2. The number of nitrogens with zero attached hydrogens (tertiary/aromatic N) is 1. The number of aliphatic imine (C=N–C) groups is 1. The molecule has 0 aliphatic carbocycles. The maximum absolute atomic E-state index is 11.8. The molecule has 0 spiro atoms. The number of aliphatic hydroxyl groups excluding tert-OH is 2. The number of amides is 2. The van der Waals surface area contributed by atoms with E-state index in [1.807, 2.05) is 31.4 Å². The number of rotatable bonds is 12. The van der Waals surface area contributed by atoms with Gasteiger partial charge >= 0.3 is 0 Å². The summed E-state index contributed by atoms with van der Waals surface area (Å²) in [5, 5.41) is 26.5. The molecule has 0 saturated heterocycles. The number of aliphatic hydroxyl groups is 2. The van der Waals surface area contributed by atoms with Gasteiger partial charge in [0.05, 0.1) is 0 Å². The van der Waals surface area contributed by atoms with E-state index in [2.05, 4.69) is 15.6 Å².